The highest BCUT2D eigenvalue weighted by Crippen LogP contribution is 2.27. The van der Waals surface area contributed by atoms with Crippen LogP contribution in [-0.4, -0.2) is 24.1 Å². The van der Waals surface area contributed by atoms with Gasteiger partial charge in [-0.3, -0.25) is 10.1 Å². The summed E-state index contributed by atoms with van der Waals surface area (Å²) < 4.78 is 11.6. The van der Waals surface area contributed by atoms with E-state index in [0.717, 1.165) is 22.6 Å². The van der Waals surface area contributed by atoms with Crippen molar-refractivity contribution in [2.45, 2.75) is 20.8 Å². The fourth-order valence-electron chi connectivity index (χ4n) is 2.94. The lowest BCUT2D eigenvalue weighted by Gasteiger charge is -2.13. The van der Waals surface area contributed by atoms with E-state index in [1.54, 1.807) is 18.2 Å². The van der Waals surface area contributed by atoms with E-state index >= 15 is 0 Å². The van der Waals surface area contributed by atoms with Crippen molar-refractivity contribution in [1.82, 2.24) is 4.98 Å². The number of ether oxygens (including phenoxy) is 2. The first-order chi connectivity index (χ1) is 15.4. The highest BCUT2D eigenvalue weighted by Gasteiger charge is 2.12. The van der Waals surface area contributed by atoms with Gasteiger partial charge in [0.1, 0.15) is 36.4 Å². The van der Waals surface area contributed by atoms with E-state index in [1.807, 2.05) is 50.4 Å². The van der Waals surface area contributed by atoms with Crippen LogP contribution in [0.25, 0.3) is 6.08 Å². The normalized spacial score (nSPS) is 11.0. The quantitative estimate of drug-likeness (QED) is 0.260. The molecule has 164 valence electrons. The summed E-state index contributed by atoms with van der Waals surface area (Å²) >= 11 is 7.63. The van der Waals surface area contributed by atoms with Crippen molar-refractivity contribution in [3.05, 3.63) is 74.8 Å². The molecular formula is C24H22ClN3O3S. The second kappa shape index (κ2) is 10.8. The number of nitrogens with one attached hydrogen (secondary N) is 1. The highest BCUT2D eigenvalue weighted by atomic mass is 35.5. The molecule has 32 heavy (non-hydrogen) atoms. The first-order valence-corrected chi connectivity index (χ1v) is 11.1. The molecule has 0 aliphatic heterocycles. The number of para-hydroxylation sites is 1. The molecule has 0 unspecified atom stereocenters. The van der Waals surface area contributed by atoms with E-state index in [9.17, 15) is 10.1 Å². The average Bonchev–Trinajstić information content (AvgIpc) is 3.16. The summed E-state index contributed by atoms with van der Waals surface area (Å²) in [6.07, 6.45) is 1.47. The van der Waals surface area contributed by atoms with Crippen LogP contribution in [0.5, 0.6) is 11.5 Å². The molecule has 0 saturated carbocycles. The van der Waals surface area contributed by atoms with Gasteiger partial charge in [-0.05, 0) is 55.7 Å². The number of amides is 1. The van der Waals surface area contributed by atoms with Gasteiger partial charge >= 0.3 is 0 Å². The van der Waals surface area contributed by atoms with Gasteiger partial charge in [0.15, 0.2) is 5.13 Å². The summed E-state index contributed by atoms with van der Waals surface area (Å²) in [6.45, 7) is 6.52. The van der Waals surface area contributed by atoms with Crippen molar-refractivity contribution in [3.63, 3.8) is 0 Å². The number of rotatable bonds is 8. The zero-order valence-corrected chi connectivity index (χ0v) is 19.5. The second-order valence-electron chi connectivity index (χ2n) is 7.03. The lowest BCUT2D eigenvalue weighted by Crippen LogP contribution is -2.13. The molecule has 3 aromatic rings. The summed E-state index contributed by atoms with van der Waals surface area (Å²) in [7, 11) is 0. The van der Waals surface area contributed by atoms with E-state index in [4.69, 9.17) is 21.1 Å². The third-order valence-corrected chi connectivity index (χ3v) is 5.64. The first-order valence-electron chi connectivity index (χ1n) is 9.84. The fourth-order valence-corrected chi connectivity index (χ4v) is 3.86. The monoisotopic (exact) mass is 467 g/mol. The summed E-state index contributed by atoms with van der Waals surface area (Å²) in [5.74, 6) is 0.829. The fraction of sp³-hybridized carbons (Fsp3) is 0.208. The van der Waals surface area contributed by atoms with E-state index in [0.29, 0.717) is 34.7 Å². The van der Waals surface area contributed by atoms with Crippen molar-refractivity contribution in [2.75, 3.05) is 18.5 Å². The maximum Gasteiger partial charge on any atom is 0.268 e. The Labute approximate surface area is 196 Å². The minimum Gasteiger partial charge on any atom is -0.489 e. The van der Waals surface area contributed by atoms with Crippen LogP contribution in [0.1, 0.15) is 22.4 Å². The molecule has 0 fully saturated rings. The van der Waals surface area contributed by atoms with Gasteiger partial charge in [0.05, 0.1) is 10.7 Å². The molecule has 0 saturated heterocycles. The molecule has 0 radical (unpaired) electrons. The van der Waals surface area contributed by atoms with Gasteiger partial charge in [-0.25, -0.2) is 4.98 Å². The van der Waals surface area contributed by atoms with Crippen LogP contribution in [0.4, 0.5) is 5.13 Å². The van der Waals surface area contributed by atoms with Crippen LogP contribution in [0.2, 0.25) is 5.02 Å². The number of anilines is 1. The van der Waals surface area contributed by atoms with E-state index < -0.39 is 5.91 Å². The molecule has 8 heteroatoms. The van der Waals surface area contributed by atoms with Crippen LogP contribution in [0.15, 0.2) is 47.4 Å². The Bertz CT molecular complexity index is 1180. The minimum absolute atomic E-state index is 0.0513. The summed E-state index contributed by atoms with van der Waals surface area (Å²) in [5.41, 5.74) is 3.50. The minimum atomic E-state index is -0.526. The van der Waals surface area contributed by atoms with E-state index in [-0.39, 0.29) is 5.57 Å². The third kappa shape index (κ3) is 6.10. The van der Waals surface area contributed by atoms with Gasteiger partial charge in [0, 0.05) is 5.38 Å². The largest absolute Gasteiger partial charge is 0.489 e. The Morgan fingerprint density at radius 3 is 2.53 bits per heavy atom. The molecule has 2 aromatic carbocycles. The second-order valence-corrected chi connectivity index (χ2v) is 8.29. The number of aryl methyl sites for hydroxylation is 3. The maximum absolute atomic E-state index is 12.3. The zero-order chi connectivity index (χ0) is 23.1. The Kier molecular flexibility index (Phi) is 7.87. The van der Waals surface area contributed by atoms with E-state index in [1.165, 1.54) is 17.4 Å². The first kappa shape index (κ1) is 23.3. The number of aromatic nitrogens is 1. The molecule has 0 atom stereocenters. The van der Waals surface area contributed by atoms with Crippen molar-refractivity contribution < 1.29 is 14.3 Å². The highest BCUT2D eigenvalue weighted by molar-refractivity contribution is 7.13. The van der Waals surface area contributed by atoms with Gasteiger partial charge < -0.3 is 9.47 Å². The molecule has 0 bridgehead atoms. The number of hydrogen-bond acceptors (Lipinski definition) is 6. The molecule has 1 heterocycles. The SMILES string of the molecule is Cc1csc(NC(=O)/C(C#N)=C\c2ccc(OCCOc3c(C)cccc3C)c(Cl)c2)n1. The van der Waals surface area contributed by atoms with Crippen molar-refractivity contribution >= 4 is 40.1 Å². The van der Waals surface area contributed by atoms with Gasteiger partial charge in [-0.1, -0.05) is 35.9 Å². The number of thiazole rings is 1. The standard InChI is InChI=1S/C24H22ClN3O3S/c1-15-5-4-6-16(2)22(15)31-10-9-30-21-8-7-18(12-20(21)25)11-19(13-26)23(29)28-24-27-17(3)14-32-24/h4-8,11-12,14H,9-10H2,1-3H3,(H,27,28,29)/b19-11-. The summed E-state index contributed by atoms with van der Waals surface area (Å²) in [5, 5.41) is 14.6. The number of hydrogen-bond donors (Lipinski definition) is 1. The number of carbonyl (C=O) groups excluding carboxylic acids is 1. The van der Waals surface area contributed by atoms with Gasteiger partial charge in [0.25, 0.3) is 5.91 Å². The Morgan fingerprint density at radius 1 is 1.19 bits per heavy atom. The molecule has 1 N–H and O–H groups in total. The molecule has 1 aromatic heterocycles. The van der Waals surface area contributed by atoms with Crippen LogP contribution in [-0.2, 0) is 4.79 Å². The van der Waals surface area contributed by atoms with Crippen LogP contribution >= 0.6 is 22.9 Å². The number of nitriles is 1. The zero-order valence-electron chi connectivity index (χ0n) is 17.9. The number of halogens is 1. The molecule has 0 aliphatic carbocycles. The molecular weight excluding hydrogens is 446 g/mol. The molecule has 0 spiro atoms. The Morgan fingerprint density at radius 2 is 1.91 bits per heavy atom. The van der Waals surface area contributed by atoms with Gasteiger partial charge in [-0.2, -0.15) is 5.26 Å². The summed E-state index contributed by atoms with van der Waals surface area (Å²) in [6, 6.07) is 13.0. The molecule has 0 aliphatic rings. The average molecular weight is 468 g/mol. The Balaban J connectivity index is 1.60. The summed E-state index contributed by atoms with van der Waals surface area (Å²) in [4.78, 5) is 16.5. The topological polar surface area (TPSA) is 84.2 Å². The smallest absolute Gasteiger partial charge is 0.268 e. The number of nitrogens with zero attached hydrogens (tertiary/aromatic N) is 2. The maximum atomic E-state index is 12.3. The van der Waals surface area contributed by atoms with Gasteiger partial charge in [0.2, 0.25) is 0 Å². The number of benzene rings is 2. The van der Waals surface area contributed by atoms with Crippen molar-refractivity contribution in [2.24, 2.45) is 0 Å². The molecule has 6 nitrogen and oxygen atoms in total. The predicted octanol–water partition coefficient (Wildman–Crippen LogP) is 5.73. The third-order valence-electron chi connectivity index (χ3n) is 4.47. The lowest BCUT2D eigenvalue weighted by molar-refractivity contribution is -0.112. The number of carbonyl (C=O) groups is 1. The van der Waals surface area contributed by atoms with Gasteiger partial charge in [-0.15, -0.1) is 11.3 Å². The van der Waals surface area contributed by atoms with Crippen LogP contribution < -0.4 is 14.8 Å². The van der Waals surface area contributed by atoms with Crippen molar-refractivity contribution in [1.29, 1.82) is 5.26 Å². The van der Waals surface area contributed by atoms with E-state index in [2.05, 4.69) is 10.3 Å². The van der Waals surface area contributed by atoms with Crippen LogP contribution in [0.3, 0.4) is 0 Å². The van der Waals surface area contributed by atoms with Crippen molar-refractivity contribution in [3.8, 4) is 17.6 Å². The Hall–Kier alpha value is -3.34. The predicted molar refractivity (Wildman–Crippen MR) is 127 cm³/mol. The molecule has 1 amide bonds. The lowest BCUT2D eigenvalue weighted by atomic mass is 10.1. The van der Waals surface area contributed by atoms with Crippen LogP contribution in [0, 0.1) is 32.1 Å². The molecule has 3 rings (SSSR count).